The first kappa shape index (κ1) is 26.5. The molecule has 2 aliphatic heterocycles. The second kappa shape index (κ2) is 12.0. The second-order valence-corrected chi connectivity index (χ2v) is 8.77. The quantitative estimate of drug-likeness (QED) is 0.548. The molecule has 2 aliphatic rings. The van der Waals surface area contributed by atoms with Crippen molar-refractivity contribution in [3.63, 3.8) is 0 Å². The fourth-order valence-electron chi connectivity index (χ4n) is 4.62. The smallest absolute Gasteiger partial charge is 0.338 e. The summed E-state index contributed by atoms with van der Waals surface area (Å²) in [5, 5.41) is 5.77. The van der Waals surface area contributed by atoms with Gasteiger partial charge in [0.05, 0.1) is 18.2 Å². The number of carbonyl (C=O) groups is 3. The molecule has 192 valence electrons. The first-order valence-corrected chi connectivity index (χ1v) is 12.3. The van der Waals surface area contributed by atoms with Gasteiger partial charge in [-0.1, -0.05) is 19.1 Å². The average molecular weight is 490 g/mol. The van der Waals surface area contributed by atoms with Crippen molar-refractivity contribution in [2.24, 2.45) is 0 Å². The molecule has 0 spiro atoms. The van der Waals surface area contributed by atoms with Crippen LogP contribution in [0.3, 0.4) is 0 Å². The van der Waals surface area contributed by atoms with Crippen LogP contribution in [0.4, 0.5) is 14.0 Å². The van der Waals surface area contributed by atoms with Gasteiger partial charge in [0.2, 0.25) is 0 Å². The molecule has 1 fully saturated rings. The lowest BCUT2D eigenvalue weighted by Crippen LogP contribution is -2.58. The molecular weight excluding hydrogens is 453 g/mol. The topological polar surface area (TPSA) is 94.2 Å². The summed E-state index contributed by atoms with van der Waals surface area (Å²) in [6, 6.07) is 4.57. The molecule has 0 saturated carbocycles. The molecule has 2 N–H and O–H groups in total. The van der Waals surface area contributed by atoms with Crippen LogP contribution in [0.5, 0.6) is 0 Å². The van der Waals surface area contributed by atoms with Gasteiger partial charge in [0.25, 0.3) is 0 Å². The summed E-state index contributed by atoms with van der Waals surface area (Å²) in [4.78, 5) is 44.2. The number of amides is 4. The Morgan fingerprint density at radius 2 is 2.00 bits per heavy atom. The number of halogens is 1. The number of ether oxygens (including phenoxy) is 1. The van der Waals surface area contributed by atoms with E-state index >= 15 is 0 Å². The number of rotatable bonds is 8. The number of likely N-dealkylation sites (N-methyl/N-ethyl adjacent to an activating group) is 1. The molecule has 2 heterocycles. The zero-order valence-corrected chi connectivity index (χ0v) is 21.0. The zero-order chi connectivity index (χ0) is 25.5. The Balaban J connectivity index is 1.93. The van der Waals surface area contributed by atoms with Crippen LogP contribution >= 0.6 is 0 Å². The van der Waals surface area contributed by atoms with Gasteiger partial charge in [-0.05, 0) is 44.9 Å². The number of benzene rings is 1. The van der Waals surface area contributed by atoms with Crippen molar-refractivity contribution >= 4 is 18.0 Å². The highest BCUT2D eigenvalue weighted by Crippen LogP contribution is 2.32. The van der Waals surface area contributed by atoms with Gasteiger partial charge in [-0.15, -0.1) is 0 Å². The Morgan fingerprint density at radius 1 is 1.23 bits per heavy atom. The van der Waals surface area contributed by atoms with E-state index in [4.69, 9.17) is 4.74 Å². The number of urea groups is 2. The van der Waals surface area contributed by atoms with Gasteiger partial charge in [0, 0.05) is 51.0 Å². The van der Waals surface area contributed by atoms with Crippen molar-refractivity contribution in [1.29, 1.82) is 0 Å². The summed E-state index contributed by atoms with van der Waals surface area (Å²) in [7, 11) is 0. The van der Waals surface area contributed by atoms with Crippen LogP contribution in [0.1, 0.15) is 45.7 Å². The Hall–Kier alpha value is -3.14. The van der Waals surface area contributed by atoms with Gasteiger partial charge in [-0.3, -0.25) is 9.80 Å². The molecular formula is C25H36FN5O4. The number of carbonyl (C=O) groups excluding carboxylic acids is 3. The molecule has 0 aliphatic carbocycles. The third kappa shape index (κ3) is 6.11. The van der Waals surface area contributed by atoms with Crippen LogP contribution in [-0.2, 0) is 9.53 Å². The lowest BCUT2D eigenvalue weighted by Gasteiger charge is -2.42. The monoisotopic (exact) mass is 489 g/mol. The molecule has 3 rings (SSSR count). The number of esters is 1. The zero-order valence-electron chi connectivity index (χ0n) is 21.0. The summed E-state index contributed by atoms with van der Waals surface area (Å²) < 4.78 is 19.4. The van der Waals surface area contributed by atoms with Crippen LogP contribution in [0, 0.1) is 5.82 Å². The van der Waals surface area contributed by atoms with E-state index in [1.165, 1.54) is 17.0 Å². The van der Waals surface area contributed by atoms with E-state index in [0.717, 1.165) is 6.42 Å². The van der Waals surface area contributed by atoms with E-state index in [-0.39, 0.29) is 24.7 Å². The van der Waals surface area contributed by atoms with Gasteiger partial charge >= 0.3 is 18.0 Å². The molecule has 35 heavy (non-hydrogen) atoms. The van der Waals surface area contributed by atoms with Crippen molar-refractivity contribution in [2.45, 2.75) is 46.2 Å². The van der Waals surface area contributed by atoms with E-state index in [1.807, 2.05) is 25.7 Å². The van der Waals surface area contributed by atoms with Gasteiger partial charge in [0.15, 0.2) is 0 Å². The van der Waals surface area contributed by atoms with E-state index in [9.17, 15) is 18.8 Å². The lowest BCUT2D eigenvalue weighted by molar-refractivity contribution is -0.139. The molecule has 1 aromatic rings. The summed E-state index contributed by atoms with van der Waals surface area (Å²) in [6.45, 7) is 10.7. The van der Waals surface area contributed by atoms with Gasteiger partial charge in [0.1, 0.15) is 5.82 Å². The van der Waals surface area contributed by atoms with Crippen molar-refractivity contribution in [3.8, 4) is 0 Å². The molecule has 1 aromatic carbocycles. The number of hydrogen-bond donors (Lipinski definition) is 2. The van der Waals surface area contributed by atoms with E-state index in [1.54, 1.807) is 19.1 Å². The minimum absolute atomic E-state index is 0.0428. The fraction of sp³-hybridized carbons (Fsp3) is 0.560. The maximum atomic E-state index is 14.0. The van der Waals surface area contributed by atoms with E-state index < -0.39 is 17.8 Å². The number of hydrogen-bond acceptors (Lipinski definition) is 5. The minimum atomic E-state index is -0.825. The van der Waals surface area contributed by atoms with Crippen LogP contribution in [-0.4, -0.2) is 84.6 Å². The number of piperazine rings is 1. The highest BCUT2D eigenvalue weighted by molar-refractivity contribution is 5.95. The molecule has 0 aromatic heterocycles. The third-order valence-corrected chi connectivity index (χ3v) is 6.30. The van der Waals surface area contributed by atoms with Gasteiger partial charge in [-0.2, -0.15) is 0 Å². The summed E-state index contributed by atoms with van der Waals surface area (Å²) in [5.74, 6) is -0.994. The largest absolute Gasteiger partial charge is 0.463 e. The average Bonchev–Trinajstić information content (AvgIpc) is 2.82. The molecule has 1 saturated heterocycles. The summed E-state index contributed by atoms with van der Waals surface area (Å²) >= 11 is 0. The Labute approximate surface area is 206 Å². The number of nitrogens with zero attached hydrogens (tertiary/aromatic N) is 3. The van der Waals surface area contributed by atoms with Crippen LogP contribution in [0.15, 0.2) is 35.5 Å². The van der Waals surface area contributed by atoms with Gasteiger partial charge < -0.3 is 20.3 Å². The SMILES string of the molecule is CCCNC(=O)N1CCN(CC2=C(C(=O)OCC)[C@H](c3cccc(F)c3)NC(=O)N2CC)C[C@H]1C. The minimum Gasteiger partial charge on any atom is -0.463 e. The first-order chi connectivity index (χ1) is 16.8. The molecule has 0 unspecified atom stereocenters. The highest BCUT2D eigenvalue weighted by Gasteiger charge is 2.39. The predicted molar refractivity (Wildman–Crippen MR) is 130 cm³/mol. The molecule has 4 amide bonds. The molecule has 0 radical (unpaired) electrons. The van der Waals surface area contributed by atoms with Crippen molar-refractivity contribution < 1.29 is 23.5 Å². The molecule has 2 atom stereocenters. The van der Waals surface area contributed by atoms with Crippen LogP contribution < -0.4 is 10.6 Å². The van der Waals surface area contributed by atoms with E-state index in [2.05, 4.69) is 15.5 Å². The van der Waals surface area contributed by atoms with Crippen molar-refractivity contribution in [3.05, 3.63) is 46.9 Å². The van der Waals surface area contributed by atoms with Crippen molar-refractivity contribution in [1.82, 2.24) is 25.3 Å². The van der Waals surface area contributed by atoms with Crippen LogP contribution in [0.25, 0.3) is 0 Å². The molecule has 10 heteroatoms. The predicted octanol–water partition coefficient (Wildman–Crippen LogP) is 2.85. The molecule has 0 bridgehead atoms. The first-order valence-electron chi connectivity index (χ1n) is 12.3. The highest BCUT2D eigenvalue weighted by atomic mass is 19.1. The Bertz CT molecular complexity index is 969. The van der Waals surface area contributed by atoms with Gasteiger partial charge in [-0.25, -0.2) is 18.8 Å². The number of nitrogens with one attached hydrogen (secondary N) is 2. The fourth-order valence-corrected chi connectivity index (χ4v) is 4.62. The Morgan fingerprint density at radius 3 is 2.63 bits per heavy atom. The maximum Gasteiger partial charge on any atom is 0.338 e. The maximum absolute atomic E-state index is 14.0. The molecule has 9 nitrogen and oxygen atoms in total. The van der Waals surface area contributed by atoms with E-state index in [0.29, 0.717) is 56.1 Å². The standard InChI is InChI=1S/C25H36FN5O4/c1-5-11-27-24(33)31-13-12-29(15-17(31)4)16-20-21(23(32)35-7-3)22(28-25(34)30(20)6-2)18-9-8-10-19(26)14-18/h8-10,14,17,22H,5-7,11-13,15-16H2,1-4H3,(H,27,33)(H,28,34)/t17-,22+/m1/s1. The third-order valence-electron chi connectivity index (χ3n) is 6.30. The lowest BCUT2D eigenvalue weighted by atomic mass is 9.94. The second-order valence-electron chi connectivity index (χ2n) is 8.77. The summed E-state index contributed by atoms with van der Waals surface area (Å²) in [6.07, 6.45) is 0.867. The Kier molecular flexibility index (Phi) is 9.08. The summed E-state index contributed by atoms with van der Waals surface area (Å²) in [5.41, 5.74) is 1.31. The van der Waals surface area contributed by atoms with Crippen molar-refractivity contribution in [2.75, 3.05) is 45.9 Å². The van der Waals surface area contributed by atoms with Crippen LogP contribution in [0.2, 0.25) is 0 Å². The normalized spacial score (nSPS) is 21.1.